The van der Waals surface area contributed by atoms with Gasteiger partial charge in [-0.25, -0.2) is 0 Å². The highest BCUT2D eigenvalue weighted by molar-refractivity contribution is 6.16. The summed E-state index contributed by atoms with van der Waals surface area (Å²) in [5.41, 5.74) is 1.95. The van der Waals surface area contributed by atoms with E-state index < -0.39 is 0 Å². The van der Waals surface area contributed by atoms with Crippen LogP contribution in [0.25, 0.3) is 0 Å². The van der Waals surface area contributed by atoms with Crippen molar-refractivity contribution in [1.82, 2.24) is 10.3 Å². The van der Waals surface area contributed by atoms with Crippen LogP contribution in [0, 0.1) is 0 Å². The number of rotatable bonds is 3. The minimum absolute atomic E-state index is 0.167. The Labute approximate surface area is 142 Å². The first-order chi connectivity index (χ1) is 11.9. The van der Waals surface area contributed by atoms with Crippen LogP contribution in [0.2, 0.25) is 0 Å². The summed E-state index contributed by atoms with van der Waals surface area (Å²) >= 11 is 0. The molecule has 4 rings (SSSR count). The number of pyridine rings is 1. The molecule has 1 saturated carbocycles. The summed E-state index contributed by atoms with van der Waals surface area (Å²) in [5.74, 6) is 1.89. The summed E-state index contributed by atoms with van der Waals surface area (Å²) in [6.07, 6.45) is 7.68. The van der Waals surface area contributed by atoms with Crippen LogP contribution in [0.5, 0.6) is 0 Å². The average molecular weight is 318 g/mol. The summed E-state index contributed by atoms with van der Waals surface area (Å²) in [6.45, 7) is 0.690. The maximum atomic E-state index is 5.06. The molecule has 122 valence electrons. The first-order valence-electron chi connectivity index (χ1n) is 8.73. The van der Waals surface area contributed by atoms with Crippen LogP contribution in [0.15, 0.2) is 64.7 Å². The molecular formula is C20H22N4. The van der Waals surface area contributed by atoms with Gasteiger partial charge in [0, 0.05) is 6.20 Å². The number of hydrogen-bond donors (Lipinski definition) is 1. The molecule has 2 aliphatic rings. The fourth-order valence-electron chi connectivity index (χ4n) is 3.57. The van der Waals surface area contributed by atoms with E-state index in [-0.39, 0.29) is 5.54 Å². The maximum Gasteiger partial charge on any atom is 0.153 e. The number of hydrogen-bond acceptors (Lipinski definition) is 3. The van der Waals surface area contributed by atoms with Gasteiger partial charge in [-0.3, -0.25) is 15.0 Å². The van der Waals surface area contributed by atoms with E-state index in [1.54, 1.807) is 0 Å². The van der Waals surface area contributed by atoms with Crippen molar-refractivity contribution in [3.8, 4) is 0 Å². The van der Waals surface area contributed by atoms with Gasteiger partial charge < -0.3 is 5.32 Å². The second kappa shape index (κ2) is 6.56. The zero-order chi connectivity index (χ0) is 16.2. The minimum Gasteiger partial charge on any atom is -0.325 e. The Morgan fingerprint density at radius 1 is 0.958 bits per heavy atom. The molecule has 4 nitrogen and oxygen atoms in total. The Morgan fingerprint density at radius 2 is 1.75 bits per heavy atom. The lowest BCUT2D eigenvalue weighted by Gasteiger charge is -2.30. The van der Waals surface area contributed by atoms with Gasteiger partial charge in [-0.15, -0.1) is 0 Å². The summed E-state index contributed by atoms with van der Waals surface area (Å²) in [6, 6.07) is 16.3. The molecule has 4 heteroatoms. The highest BCUT2D eigenvalue weighted by Gasteiger charge is 2.42. The molecule has 0 radical (unpaired) electrons. The van der Waals surface area contributed by atoms with Gasteiger partial charge in [0.2, 0.25) is 0 Å². The second-order valence-electron chi connectivity index (χ2n) is 6.54. The zero-order valence-corrected chi connectivity index (χ0v) is 13.8. The number of benzene rings is 1. The van der Waals surface area contributed by atoms with Gasteiger partial charge in [-0.2, -0.15) is 0 Å². The Hall–Kier alpha value is -2.49. The summed E-state index contributed by atoms with van der Waals surface area (Å²) in [5, 5.41) is 3.48. The molecule has 1 spiro atoms. The summed E-state index contributed by atoms with van der Waals surface area (Å²) in [7, 11) is 0. The van der Waals surface area contributed by atoms with E-state index >= 15 is 0 Å². The van der Waals surface area contributed by atoms with Crippen molar-refractivity contribution in [2.45, 2.75) is 44.2 Å². The molecule has 0 amide bonds. The minimum atomic E-state index is -0.167. The van der Waals surface area contributed by atoms with Gasteiger partial charge in [-0.05, 0) is 30.5 Å². The smallest absolute Gasteiger partial charge is 0.153 e. The Kier molecular flexibility index (Phi) is 4.11. The fraction of sp³-hybridized carbons (Fsp3) is 0.350. The molecule has 0 bridgehead atoms. The molecular weight excluding hydrogens is 296 g/mol. The molecule has 1 aliphatic heterocycles. The van der Waals surface area contributed by atoms with Gasteiger partial charge in [0.1, 0.15) is 17.1 Å². The first-order valence-corrected chi connectivity index (χ1v) is 8.73. The molecule has 1 aromatic carbocycles. The van der Waals surface area contributed by atoms with E-state index in [0.717, 1.165) is 30.2 Å². The zero-order valence-electron chi connectivity index (χ0n) is 13.8. The highest BCUT2D eigenvalue weighted by atomic mass is 15.2. The molecule has 0 saturated heterocycles. The third-order valence-corrected chi connectivity index (χ3v) is 4.85. The normalized spacial score (nSPS) is 20.8. The van der Waals surface area contributed by atoms with Crippen molar-refractivity contribution in [3.05, 3.63) is 66.0 Å². The van der Waals surface area contributed by atoms with Crippen LogP contribution in [-0.4, -0.2) is 22.2 Å². The van der Waals surface area contributed by atoms with Crippen molar-refractivity contribution in [2.24, 2.45) is 9.98 Å². The molecule has 1 aliphatic carbocycles. The predicted octanol–water partition coefficient (Wildman–Crippen LogP) is 3.73. The van der Waals surface area contributed by atoms with Gasteiger partial charge in [-0.1, -0.05) is 55.7 Å². The third-order valence-electron chi connectivity index (χ3n) is 4.85. The summed E-state index contributed by atoms with van der Waals surface area (Å²) < 4.78 is 0. The van der Waals surface area contributed by atoms with E-state index in [9.17, 15) is 0 Å². The van der Waals surface area contributed by atoms with Crippen molar-refractivity contribution in [1.29, 1.82) is 0 Å². The maximum absolute atomic E-state index is 5.06. The van der Waals surface area contributed by atoms with Gasteiger partial charge in [0.05, 0.1) is 6.54 Å². The molecule has 1 aromatic heterocycles. The van der Waals surface area contributed by atoms with Crippen LogP contribution in [0.1, 0.15) is 43.4 Å². The van der Waals surface area contributed by atoms with Crippen LogP contribution in [0.3, 0.4) is 0 Å². The molecule has 0 atom stereocenters. The molecule has 2 heterocycles. The summed E-state index contributed by atoms with van der Waals surface area (Å²) in [4.78, 5) is 14.4. The number of aromatic nitrogens is 1. The SMILES string of the molecule is c1ccc(CN=C2NC(c3ccccn3)=NC23CCCCC3)cc1. The Bertz CT molecular complexity index is 744. The number of nitrogens with one attached hydrogen (secondary N) is 1. The highest BCUT2D eigenvalue weighted by Crippen LogP contribution is 2.35. The molecule has 2 aromatic rings. The van der Waals surface area contributed by atoms with Gasteiger partial charge in [0.15, 0.2) is 5.84 Å². The van der Waals surface area contributed by atoms with Crippen LogP contribution >= 0.6 is 0 Å². The monoisotopic (exact) mass is 318 g/mol. The molecule has 1 N–H and O–H groups in total. The molecule has 0 unspecified atom stereocenters. The lowest BCUT2D eigenvalue weighted by molar-refractivity contribution is 0.385. The van der Waals surface area contributed by atoms with E-state index in [1.807, 2.05) is 30.5 Å². The quantitative estimate of drug-likeness (QED) is 0.937. The number of nitrogens with zero attached hydrogens (tertiary/aromatic N) is 3. The average Bonchev–Trinajstić information content (AvgIpc) is 3.00. The standard InChI is InChI=1S/C20H22N4/c1-3-9-16(10-4-1)15-22-19-20(12-6-2-7-13-20)24-18(23-19)17-11-5-8-14-21-17/h1,3-5,8-11,14H,2,6-7,12-13,15H2,(H,22,23,24). The third kappa shape index (κ3) is 2.96. The second-order valence-corrected chi connectivity index (χ2v) is 6.54. The van der Waals surface area contributed by atoms with E-state index in [4.69, 9.17) is 9.98 Å². The number of aliphatic imine (C=N–C) groups is 2. The topological polar surface area (TPSA) is 49.6 Å². The van der Waals surface area contributed by atoms with Crippen molar-refractivity contribution in [3.63, 3.8) is 0 Å². The van der Waals surface area contributed by atoms with Crippen molar-refractivity contribution in [2.75, 3.05) is 0 Å². The van der Waals surface area contributed by atoms with Crippen LogP contribution < -0.4 is 5.32 Å². The predicted molar refractivity (Wildman–Crippen MR) is 97.3 cm³/mol. The van der Waals surface area contributed by atoms with Gasteiger partial charge >= 0.3 is 0 Å². The van der Waals surface area contributed by atoms with Crippen LogP contribution in [0.4, 0.5) is 0 Å². The van der Waals surface area contributed by atoms with Crippen molar-refractivity contribution < 1.29 is 0 Å². The fourth-order valence-corrected chi connectivity index (χ4v) is 3.57. The molecule has 1 fully saturated rings. The van der Waals surface area contributed by atoms with E-state index in [1.165, 1.54) is 24.8 Å². The van der Waals surface area contributed by atoms with E-state index in [2.05, 4.69) is 34.6 Å². The van der Waals surface area contributed by atoms with E-state index in [0.29, 0.717) is 6.54 Å². The lowest BCUT2D eigenvalue weighted by atomic mass is 9.81. The Balaban J connectivity index is 1.64. The lowest BCUT2D eigenvalue weighted by Crippen LogP contribution is -2.41. The van der Waals surface area contributed by atoms with Crippen LogP contribution in [-0.2, 0) is 6.54 Å². The Morgan fingerprint density at radius 3 is 2.50 bits per heavy atom. The largest absolute Gasteiger partial charge is 0.325 e. The van der Waals surface area contributed by atoms with Crippen molar-refractivity contribution >= 4 is 11.7 Å². The first kappa shape index (κ1) is 15.1. The number of amidine groups is 2. The molecule has 24 heavy (non-hydrogen) atoms. The van der Waals surface area contributed by atoms with Gasteiger partial charge in [0.25, 0.3) is 0 Å².